The summed E-state index contributed by atoms with van der Waals surface area (Å²) in [6.07, 6.45) is 2.03. The number of thiazole rings is 1. The number of benzene rings is 1. The third-order valence-electron chi connectivity index (χ3n) is 2.95. The number of nitrogens with one attached hydrogen (secondary N) is 1. The van der Waals surface area contributed by atoms with Gasteiger partial charge < -0.3 is 5.73 Å². The molecule has 3 N–H and O–H groups in total. The van der Waals surface area contributed by atoms with Crippen molar-refractivity contribution in [2.45, 2.75) is 4.21 Å². The second kappa shape index (κ2) is 7.28. The number of thiophene rings is 1. The van der Waals surface area contributed by atoms with Crippen LogP contribution in [0.15, 0.2) is 46.0 Å². The minimum Gasteiger partial charge on any atom is -0.383 e. The lowest BCUT2D eigenvalue weighted by Gasteiger charge is -1.96. The molecular formula is C15H14ClN3S3. The summed E-state index contributed by atoms with van der Waals surface area (Å²) < 4.78 is 1.15. The van der Waals surface area contributed by atoms with E-state index < -0.39 is 0 Å². The molecule has 0 atom stereocenters. The van der Waals surface area contributed by atoms with Crippen molar-refractivity contribution in [3.63, 3.8) is 0 Å². The molecule has 0 aliphatic rings. The number of hydrogen-bond donors (Lipinski definition) is 2. The molecule has 22 heavy (non-hydrogen) atoms. The van der Waals surface area contributed by atoms with Gasteiger partial charge in [-0.1, -0.05) is 30.3 Å². The molecule has 0 spiro atoms. The smallest absolute Gasteiger partial charge is 0.133 e. The number of nitrogen functional groups attached to an aromatic ring is 1. The Morgan fingerprint density at radius 2 is 2.00 bits per heavy atom. The van der Waals surface area contributed by atoms with Crippen LogP contribution in [-0.4, -0.2) is 17.1 Å². The van der Waals surface area contributed by atoms with Crippen molar-refractivity contribution in [2.75, 3.05) is 6.26 Å². The second-order valence-corrected chi connectivity index (χ2v) is 7.32. The highest BCUT2D eigenvalue weighted by Gasteiger charge is 2.15. The summed E-state index contributed by atoms with van der Waals surface area (Å²) in [5.41, 5.74) is 8.77. The van der Waals surface area contributed by atoms with Crippen LogP contribution in [0.25, 0.3) is 21.8 Å². The molecule has 0 bridgehead atoms. The summed E-state index contributed by atoms with van der Waals surface area (Å²) in [6.45, 7) is 0. The Morgan fingerprint density at radius 1 is 1.27 bits per heavy atom. The van der Waals surface area contributed by atoms with Gasteiger partial charge in [-0.2, -0.15) is 0 Å². The van der Waals surface area contributed by atoms with Gasteiger partial charge in [0.25, 0.3) is 0 Å². The zero-order valence-electron chi connectivity index (χ0n) is 11.7. The van der Waals surface area contributed by atoms with E-state index in [0.29, 0.717) is 0 Å². The van der Waals surface area contributed by atoms with Crippen LogP contribution >= 0.6 is 46.8 Å². The first kappa shape index (κ1) is 17.0. The van der Waals surface area contributed by atoms with Crippen LogP contribution in [0.3, 0.4) is 0 Å². The molecule has 3 aromatic rings. The fourth-order valence-electron chi connectivity index (χ4n) is 1.95. The molecule has 0 saturated carbocycles. The van der Waals surface area contributed by atoms with Crippen molar-refractivity contribution >= 4 is 52.7 Å². The highest BCUT2D eigenvalue weighted by Crippen LogP contribution is 2.39. The van der Waals surface area contributed by atoms with Crippen molar-refractivity contribution in [1.82, 2.24) is 4.98 Å². The highest BCUT2D eigenvalue weighted by molar-refractivity contribution is 8.00. The third-order valence-corrected chi connectivity index (χ3v) is 6.13. The third kappa shape index (κ3) is 3.35. The maximum absolute atomic E-state index is 7.58. The van der Waals surface area contributed by atoms with Crippen LogP contribution < -0.4 is 5.73 Å². The Morgan fingerprint density at radius 3 is 2.64 bits per heavy atom. The quantitative estimate of drug-likeness (QED) is 0.389. The number of halogens is 1. The number of amidine groups is 1. The Hall–Kier alpha value is -1.34. The molecule has 0 fully saturated rings. The van der Waals surface area contributed by atoms with Gasteiger partial charge in [-0.25, -0.2) is 4.98 Å². The van der Waals surface area contributed by atoms with E-state index in [1.54, 1.807) is 34.4 Å². The summed E-state index contributed by atoms with van der Waals surface area (Å²) in [5, 5.41) is 10.6. The number of nitrogens with zero attached hydrogens (tertiary/aromatic N) is 1. The summed E-state index contributed by atoms with van der Waals surface area (Å²) in [6, 6.07) is 12.1. The van der Waals surface area contributed by atoms with Crippen molar-refractivity contribution in [1.29, 1.82) is 5.41 Å². The first-order valence-electron chi connectivity index (χ1n) is 6.22. The Bertz CT molecular complexity index is 780. The Labute approximate surface area is 147 Å². The van der Waals surface area contributed by atoms with E-state index in [4.69, 9.17) is 16.1 Å². The molecule has 3 rings (SSSR count). The lowest BCUT2D eigenvalue weighted by Crippen LogP contribution is -2.08. The molecule has 114 valence electrons. The van der Waals surface area contributed by atoms with Crippen LogP contribution in [0.4, 0.5) is 0 Å². The molecule has 3 nitrogen and oxygen atoms in total. The summed E-state index contributed by atoms with van der Waals surface area (Å²) >= 11 is 4.84. The summed E-state index contributed by atoms with van der Waals surface area (Å²) in [7, 11) is 0. The van der Waals surface area contributed by atoms with Crippen molar-refractivity contribution in [2.24, 2.45) is 5.73 Å². The van der Waals surface area contributed by atoms with E-state index in [2.05, 4.69) is 17.5 Å². The normalized spacial score (nSPS) is 10.2. The van der Waals surface area contributed by atoms with Crippen molar-refractivity contribution in [3.05, 3.63) is 46.7 Å². The molecule has 0 aliphatic heterocycles. The lowest BCUT2D eigenvalue weighted by atomic mass is 10.2. The number of thioether (sulfide) groups is 1. The molecule has 1 aromatic carbocycles. The predicted octanol–water partition coefficient (Wildman–Crippen LogP) is 4.97. The number of nitrogens with two attached hydrogens (primary N) is 1. The lowest BCUT2D eigenvalue weighted by molar-refractivity contribution is 1.39. The van der Waals surface area contributed by atoms with E-state index in [-0.39, 0.29) is 18.2 Å². The molecular weight excluding hydrogens is 354 g/mol. The minimum atomic E-state index is 0. The SMILES string of the molecule is CSc1sc(C(=N)N)cc1-c1nc(-c2ccccc2)cs1.Cl. The zero-order valence-corrected chi connectivity index (χ0v) is 15.0. The summed E-state index contributed by atoms with van der Waals surface area (Å²) in [5.74, 6) is 0.112. The Kier molecular flexibility index (Phi) is 5.63. The summed E-state index contributed by atoms with van der Waals surface area (Å²) in [4.78, 5) is 5.53. The van der Waals surface area contributed by atoms with Gasteiger partial charge in [0.1, 0.15) is 10.8 Å². The highest BCUT2D eigenvalue weighted by atomic mass is 35.5. The zero-order chi connectivity index (χ0) is 14.8. The fourth-order valence-corrected chi connectivity index (χ4v) is 4.66. The van der Waals surface area contributed by atoms with Crippen LogP contribution in [0.1, 0.15) is 4.88 Å². The topological polar surface area (TPSA) is 62.8 Å². The standard InChI is InChI=1S/C15H13N3S3.ClH/c1-19-15-10(7-12(21-15)13(16)17)14-18-11(8-20-14)9-5-3-2-4-6-9;/h2-8H,1H3,(H3,16,17);1H. The van der Waals surface area contributed by atoms with Crippen molar-refractivity contribution in [3.8, 4) is 21.8 Å². The van der Waals surface area contributed by atoms with Gasteiger partial charge in [-0.3, -0.25) is 5.41 Å². The first-order valence-corrected chi connectivity index (χ1v) is 9.14. The van der Waals surface area contributed by atoms with Crippen LogP contribution in [-0.2, 0) is 0 Å². The van der Waals surface area contributed by atoms with Gasteiger partial charge in [0, 0.05) is 16.5 Å². The average molecular weight is 368 g/mol. The molecule has 0 aliphatic carbocycles. The second-order valence-electron chi connectivity index (χ2n) is 4.33. The van der Waals surface area contributed by atoms with E-state index in [0.717, 1.165) is 30.9 Å². The van der Waals surface area contributed by atoms with Gasteiger partial charge in [-0.05, 0) is 12.3 Å². The van der Waals surface area contributed by atoms with E-state index in [9.17, 15) is 0 Å². The molecule has 7 heteroatoms. The van der Waals surface area contributed by atoms with Crippen LogP contribution in [0.5, 0.6) is 0 Å². The predicted molar refractivity (Wildman–Crippen MR) is 101 cm³/mol. The Balaban J connectivity index is 0.00000176. The van der Waals surface area contributed by atoms with Gasteiger partial charge in [0.2, 0.25) is 0 Å². The maximum Gasteiger partial charge on any atom is 0.133 e. The van der Waals surface area contributed by atoms with Crippen LogP contribution in [0, 0.1) is 5.41 Å². The monoisotopic (exact) mass is 367 g/mol. The molecule has 0 unspecified atom stereocenters. The number of aromatic nitrogens is 1. The fraction of sp³-hybridized carbons (Fsp3) is 0.0667. The molecule has 0 radical (unpaired) electrons. The van der Waals surface area contributed by atoms with Crippen LogP contribution in [0.2, 0.25) is 0 Å². The van der Waals surface area contributed by atoms with Crippen molar-refractivity contribution < 1.29 is 0 Å². The number of hydrogen-bond acceptors (Lipinski definition) is 5. The maximum atomic E-state index is 7.58. The largest absolute Gasteiger partial charge is 0.383 e. The molecule has 0 saturated heterocycles. The number of rotatable bonds is 4. The van der Waals surface area contributed by atoms with Gasteiger partial charge in [0.05, 0.1) is 14.8 Å². The average Bonchev–Trinajstić information content (AvgIpc) is 3.14. The van der Waals surface area contributed by atoms with E-state index in [1.165, 1.54) is 0 Å². The molecule has 0 amide bonds. The minimum absolute atomic E-state index is 0. The molecule has 2 heterocycles. The van der Waals surface area contributed by atoms with Gasteiger partial charge in [-0.15, -0.1) is 46.8 Å². The van der Waals surface area contributed by atoms with E-state index in [1.807, 2.05) is 30.5 Å². The van der Waals surface area contributed by atoms with Gasteiger partial charge >= 0.3 is 0 Å². The molecule has 2 aromatic heterocycles. The van der Waals surface area contributed by atoms with E-state index >= 15 is 0 Å². The first-order chi connectivity index (χ1) is 10.2. The van der Waals surface area contributed by atoms with Gasteiger partial charge in [0.15, 0.2) is 0 Å².